The summed E-state index contributed by atoms with van der Waals surface area (Å²) in [7, 11) is 8.05. The Morgan fingerprint density at radius 3 is 0.969 bits per heavy atom. The molecule has 10 aromatic rings. The first-order chi connectivity index (χ1) is 61.2. The topological polar surface area (TPSA) is 244 Å². The van der Waals surface area contributed by atoms with Gasteiger partial charge in [0.2, 0.25) is 0 Å². The third kappa shape index (κ3) is 38.3. The van der Waals surface area contributed by atoms with Crippen molar-refractivity contribution < 1.29 is 92.7 Å². The van der Waals surface area contributed by atoms with Crippen molar-refractivity contribution >= 4 is 148 Å². The molecule has 23 nitrogen and oxygen atoms in total. The normalized spacial score (nSPS) is 12.5. The van der Waals surface area contributed by atoms with Crippen molar-refractivity contribution in [2.24, 2.45) is 0 Å². The second-order valence-corrected chi connectivity index (χ2v) is 38.8. The maximum absolute atomic E-state index is 14.7. The van der Waals surface area contributed by atoms with Gasteiger partial charge in [0.05, 0.1) is 75.3 Å². The molecule has 1 aliphatic heterocycles. The van der Waals surface area contributed by atoms with Gasteiger partial charge in [-0.2, -0.15) is 10.2 Å². The van der Waals surface area contributed by atoms with E-state index in [0.29, 0.717) is 154 Å². The van der Waals surface area contributed by atoms with Crippen LogP contribution < -0.4 is 44.5 Å². The molecule has 1 fully saturated rings. The number of rotatable bonds is 32. The summed E-state index contributed by atoms with van der Waals surface area (Å²) in [6.45, 7) is 30.2. The predicted molar refractivity (Wildman–Crippen MR) is 522 cm³/mol. The third-order valence-electron chi connectivity index (χ3n) is 18.7. The number of fused-ring (bicyclic) bond motifs is 2. The Bertz CT molecular complexity index is 5220. The molecule has 8 aromatic carbocycles. The Morgan fingerprint density at radius 1 is 0.400 bits per heavy atom. The van der Waals surface area contributed by atoms with Crippen molar-refractivity contribution in [1.29, 1.82) is 0 Å². The van der Waals surface area contributed by atoms with Gasteiger partial charge < -0.3 is 77.3 Å². The van der Waals surface area contributed by atoms with Crippen molar-refractivity contribution in [3.05, 3.63) is 203 Å². The number of aromatic amines is 2. The average Bonchev–Trinajstić information content (AvgIpc) is 1.62. The van der Waals surface area contributed by atoms with Gasteiger partial charge in [-0.05, 0) is 307 Å². The summed E-state index contributed by atoms with van der Waals surface area (Å²) in [6, 6.07) is 39.8. The average molecular weight is 2200 g/mol. The molecule has 11 rings (SSSR count). The van der Waals surface area contributed by atoms with Gasteiger partial charge in [0.15, 0.2) is 0 Å². The molecule has 0 radical (unpaired) electrons. The van der Waals surface area contributed by atoms with Crippen molar-refractivity contribution in [2.75, 3.05) is 113 Å². The zero-order valence-corrected chi connectivity index (χ0v) is 86.2. The number of aromatic nitrogens is 4. The molecule has 3 amide bonds. The molecular formula is C94H118BBr6F6N9O14. The molecule has 0 saturated carbocycles. The van der Waals surface area contributed by atoms with Crippen LogP contribution in [0, 0.1) is 34.9 Å². The van der Waals surface area contributed by atoms with Gasteiger partial charge in [-0.25, -0.2) is 40.7 Å². The van der Waals surface area contributed by atoms with Gasteiger partial charge in [-0.3, -0.25) is 10.2 Å². The first kappa shape index (κ1) is 110. The van der Waals surface area contributed by atoms with E-state index in [1.807, 2.05) is 141 Å². The van der Waals surface area contributed by atoms with Gasteiger partial charge >= 0.3 is 25.4 Å². The Kier molecular flexibility index (Phi) is 45.5. The molecule has 0 unspecified atom stereocenters. The summed E-state index contributed by atoms with van der Waals surface area (Å²) in [6.07, 6.45) is 3.40. The quantitative estimate of drug-likeness (QED) is 0.0101. The Morgan fingerprint density at radius 2 is 0.685 bits per heavy atom. The molecule has 0 atom stereocenters. The largest absolute Gasteiger partial charge is 0.497 e. The monoisotopic (exact) mass is 2200 g/mol. The molecule has 1 aliphatic rings. The molecule has 1 saturated heterocycles. The predicted octanol–water partition coefficient (Wildman–Crippen LogP) is 24.2. The number of nitrogens with one attached hydrogen (secondary N) is 4. The fourth-order valence-electron chi connectivity index (χ4n) is 11.3. The summed E-state index contributed by atoms with van der Waals surface area (Å²) >= 11 is 19.4. The minimum Gasteiger partial charge on any atom is -0.493 e. The smallest absolute Gasteiger partial charge is 0.493 e. The number of hydrogen-bond acceptors (Lipinski definition) is 18. The van der Waals surface area contributed by atoms with E-state index >= 15 is 0 Å². The van der Waals surface area contributed by atoms with Crippen LogP contribution in [-0.2, 0) is 23.5 Å². The van der Waals surface area contributed by atoms with Gasteiger partial charge in [-0.15, -0.1) is 0 Å². The number of H-pyrrole nitrogens is 2. The highest BCUT2D eigenvalue weighted by molar-refractivity contribution is 9.11. The highest BCUT2D eigenvalue weighted by Gasteiger charge is 2.52. The van der Waals surface area contributed by atoms with Crippen LogP contribution in [0.25, 0.3) is 44.3 Å². The highest BCUT2D eigenvalue weighted by Crippen LogP contribution is 2.38. The Hall–Kier alpha value is -8.33. The first-order valence-corrected chi connectivity index (χ1v) is 47.1. The van der Waals surface area contributed by atoms with E-state index in [1.165, 1.54) is 51.1 Å². The maximum atomic E-state index is 14.7. The van der Waals surface area contributed by atoms with Crippen LogP contribution in [0.5, 0.6) is 34.5 Å². The van der Waals surface area contributed by atoms with E-state index < -0.39 is 46.8 Å². The van der Waals surface area contributed by atoms with E-state index in [2.05, 4.69) is 127 Å². The van der Waals surface area contributed by atoms with E-state index in [-0.39, 0.29) is 41.5 Å². The number of carbonyl (C=O) groups is 3. The second kappa shape index (κ2) is 53.5. The van der Waals surface area contributed by atoms with E-state index in [9.17, 15) is 40.7 Å². The number of carbonyl (C=O) groups excluding carboxylic acids is 3. The molecule has 710 valence electrons. The molecule has 4 N–H and O–H groups in total. The standard InChI is InChI=1S/C22H25BrFN3O3.C21H33BFNO5.C17H17BrFN3O.C15H21BrFNO3.C10H13BrFNO.C9H9Br2FO/c1-22(2,3)30-21(28)27(4)10-5-11-29-15-7-9-16(18(24)13-15)20-17-8-6-14(23)12-19(17)25-26-20;1-19(2,3)27-18(25)24(8)12-9-13-26-15-10-11-16(17(23)14-15)22-28-20(4,5)21(6,7)29-22;1-20-7-2-8-23-12-4-6-13(15(19)10-12)17-14-5-3-11(18)9-16(14)21-22-17;1-15(2,3)21-14(19)18(4)8-5-9-20-11-6-7-12(16)13(17)10-11;1-13-5-2-6-14-8-3-4-9(11)10(12)7-8;10-4-1-5-13-7-2-3-8(11)9(12)6-7/h6-9,12-13H,5,10-11H2,1-4H3,(H,25,26);10-11,14H,9,12-13H2,1-8H3;3-6,9-10,20H,2,7-8H2,1H3,(H,21,22);6-7,10H,5,8-9H2,1-4H3;3-4,7,13H,2,5-6H2,1H3;2-3,6H,1,4-5H2. The lowest BCUT2D eigenvalue weighted by atomic mass is 9.78. The molecule has 2 aromatic heterocycles. The van der Waals surface area contributed by atoms with Crippen molar-refractivity contribution in [2.45, 2.75) is 157 Å². The highest BCUT2D eigenvalue weighted by atomic mass is 79.9. The third-order valence-corrected chi connectivity index (χ3v) is 22.1. The van der Waals surface area contributed by atoms with Crippen molar-refractivity contribution in [3.8, 4) is 57.0 Å². The van der Waals surface area contributed by atoms with E-state index in [4.69, 9.17) is 51.9 Å². The Labute approximate surface area is 809 Å². The number of benzene rings is 8. The lowest BCUT2D eigenvalue weighted by Gasteiger charge is -2.32. The zero-order chi connectivity index (χ0) is 96.3. The number of halogens is 12. The van der Waals surface area contributed by atoms with Gasteiger partial charge in [0, 0.05) is 119 Å². The summed E-state index contributed by atoms with van der Waals surface area (Å²) in [4.78, 5) is 40.0. The molecule has 0 spiro atoms. The SMILES string of the molecule is CN(CCCOc1ccc(-c2n[nH]c3cc(Br)ccc23)c(F)c1)C(=O)OC(C)(C)C.CN(CCCOc1ccc(B2OC(C)(C)C(C)(C)O2)c(F)c1)C(=O)OC(C)(C)C.CN(CCCOc1ccc(Br)c(F)c1)C(=O)OC(C)(C)C.CNCCCOc1ccc(-c2n[nH]c3cc(Br)ccc23)c(F)c1.CNCCCOc1ccc(Br)c(F)c1.Fc1cc(OCCCBr)ccc1Br. The van der Waals surface area contributed by atoms with Crippen LogP contribution in [0.3, 0.4) is 0 Å². The minimum absolute atomic E-state index is 0.295. The molecular weight excluding hydrogens is 2080 g/mol. The summed E-state index contributed by atoms with van der Waals surface area (Å²) in [5.74, 6) is 0.852. The fraction of sp³-hybridized carbons (Fsp3) is 0.436. The van der Waals surface area contributed by atoms with Gasteiger partial charge in [0.1, 0.15) is 97.6 Å². The molecule has 0 aliphatic carbocycles. The Balaban J connectivity index is 0.000000246. The van der Waals surface area contributed by atoms with Crippen LogP contribution in [0.2, 0.25) is 0 Å². The number of ether oxygens (including phenoxy) is 9. The van der Waals surface area contributed by atoms with Gasteiger partial charge in [0.25, 0.3) is 0 Å². The number of alkyl halides is 1. The van der Waals surface area contributed by atoms with E-state index in [0.717, 1.165) is 68.4 Å². The molecule has 130 heavy (non-hydrogen) atoms. The van der Waals surface area contributed by atoms with Crippen LogP contribution in [0.4, 0.5) is 40.7 Å². The number of amides is 3. The van der Waals surface area contributed by atoms with Gasteiger partial charge in [-0.1, -0.05) is 53.9 Å². The van der Waals surface area contributed by atoms with E-state index in [1.54, 1.807) is 93.9 Å². The van der Waals surface area contributed by atoms with Crippen molar-refractivity contribution in [1.82, 2.24) is 45.7 Å². The molecule has 0 bridgehead atoms. The lowest BCUT2D eigenvalue weighted by Crippen LogP contribution is -2.41. The van der Waals surface area contributed by atoms with Crippen LogP contribution >= 0.6 is 95.6 Å². The van der Waals surface area contributed by atoms with Crippen LogP contribution in [0.15, 0.2) is 168 Å². The number of hydrogen-bond donors (Lipinski definition) is 4. The number of nitrogens with zero attached hydrogens (tertiary/aromatic N) is 5. The zero-order valence-electron chi connectivity index (χ0n) is 76.6. The maximum Gasteiger partial charge on any atom is 0.497 e. The van der Waals surface area contributed by atoms with Crippen LogP contribution in [-0.4, -0.2) is 201 Å². The lowest BCUT2D eigenvalue weighted by molar-refractivity contribution is 0.00578. The fourth-order valence-corrected chi connectivity index (χ4v) is 13.0. The summed E-state index contributed by atoms with van der Waals surface area (Å²) in [5.41, 5.74) is 1.44. The summed E-state index contributed by atoms with van der Waals surface area (Å²) in [5, 5.41) is 23.0. The van der Waals surface area contributed by atoms with Crippen molar-refractivity contribution in [3.63, 3.8) is 0 Å². The molecule has 36 heteroatoms. The van der Waals surface area contributed by atoms with Crippen LogP contribution in [0.1, 0.15) is 129 Å². The second-order valence-electron chi connectivity index (χ2n) is 33.6. The molecule has 3 heterocycles. The minimum atomic E-state index is -0.753. The summed E-state index contributed by atoms with van der Waals surface area (Å²) < 4.78 is 147. The first-order valence-electron chi connectivity index (χ1n) is 42.0.